The monoisotopic (exact) mass is 358 g/mol. The number of carbonyl (C=O) groups excluding carboxylic acids is 1. The van der Waals surface area contributed by atoms with E-state index in [0.29, 0.717) is 11.9 Å². The third kappa shape index (κ3) is 4.01. The molecular formula is C20H30N4O2. The lowest BCUT2D eigenvalue weighted by atomic mass is 9.92. The third-order valence-electron chi connectivity index (χ3n) is 6.21. The summed E-state index contributed by atoms with van der Waals surface area (Å²) in [4.78, 5) is 24.0. The number of hydrogen-bond donors (Lipinski definition) is 0. The molecule has 0 aliphatic carbocycles. The van der Waals surface area contributed by atoms with Crippen molar-refractivity contribution < 1.29 is 9.53 Å². The molecule has 3 aliphatic heterocycles. The molecule has 0 N–H and O–H groups in total. The minimum Gasteiger partial charge on any atom is -0.381 e. The maximum atomic E-state index is 12.9. The number of aromatic nitrogens is 1. The van der Waals surface area contributed by atoms with Crippen molar-refractivity contribution in [1.82, 2.24) is 14.8 Å². The van der Waals surface area contributed by atoms with Crippen LogP contribution in [-0.2, 0) is 9.53 Å². The first-order valence-electron chi connectivity index (χ1n) is 10.1. The minimum absolute atomic E-state index is 0.221. The number of rotatable bonds is 3. The van der Waals surface area contributed by atoms with E-state index in [2.05, 4.69) is 19.7 Å². The molecule has 1 amide bonds. The Hall–Kier alpha value is -1.66. The second-order valence-corrected chi connectivity index (χ2v) is 7.67. The van der Waals surface area contributed by atoms with E-state index in [1.165, 1.54) is 5.69 Å². The van der Waals surface area contributed by atoms with Gasteiger partial charge < -0.3 is 19.4 Å². The van der Waals surface area contributed by atoms with Gasteiger partial charge in [0.25, 0.3) is 0 Å². The van der Waals surface area contributed by atoms with Crippen LogP contribution in [0, 0.1) is 5.92 Å². The van der Waals surface area contributed by atoms with Crippen LogP contribution >= 0.6 is 0 Å². The van der Waals surface area contributed by atoms with Crippen molar-refractivity contribution in [2.75, 3.05) is 57.4 Å². The highest BCUT2D eigenvalue weighted by Crippen LogP contribution is 2.25. The van der Waals surface area contributed by atoms with Crippen molar-refractivity contribution in [1.29, 1.82) is 0 Å². The van der Waals surface area contributed by atoms with Gasteiger partial charge in [-0.15, -0.1) is 0 Å². The Balaban J connectivity index is 1.24. The number of carbonyl (C=O) groups is 1. The molecule has 1 aromatic heterocycles. The lowest BCUT2D eigenvalue weighted by Crippen LogP contribution is -2.52. The Morgan fingerprint density at radius 2 is 1.58 bits per heavy atom. The Kier molecular flexibility index (Phi) is 5.70. The Morgan fingerprint density at radius 3 is 2.23 bits per heavy atom. The SMILES string of the molecule is O=C(C1CCN(C2CCOCC2)CC1)N1CCN(c2ccncc2)CC1. The van der Waals surface area contributed by atoms with Crippen LogP contribution in [0.1, 0.15) is 25.7 Å². The number of pyridine rings is 1. The molecule has 4 rings (SSSR count). The summed E-state index contributed by atoms with van der Waals surface area (Å²) in [7, 11) is 0. The number of likely N-dealkylation sites (tertiary alicyclic amines) is 1. The zero-order chi connectivity index (χ0) is 17.8. The van der Waals surface area contributed by atoms with Crippen molar-refractivity contribution in [2.24, 2.45) is 5.92 Å². The molecular weight excluding hydrogens is 328 g/mol. The summed E-state index contributed by atoms with van der Waals surface area (Å²) in [6.45, 7) is 7.42. The van der Waals surface area contributed by atoms with E-state index in [9.17, 15) is 4.79 Å². The average Bonchev–Trinajstić information content (AvgIpc) is 2.75. The molecule has 1 aromatic rings. The van der Waals surface area contributed by atoms with E-state index in [4.69, 9.17) is 4.74 Å². The quantitative estimate of drug-likeness (QED) is 0.822. The maximum Gasteiger partial charge on any atom is 0.225 e. The van der Waals surface area contributed by atoms with E-state index in [-0.39, 0.29) is 5.92 Å². The fourth-order valence-corrected chi connectivity index (χ4v) is 4.56. The van der Waals surface area contributed by atoms with Gasteiger partial charge in [-0.25, -0.2) is 0 Å². The van der Waals surface area contributed by atoms with Crippen LogP contribution in [0.2, 0.25) is 0 Å². The smallest absolute Gasteiger partial charge is 0.225 e. The maximum absolute atomic E-state index is 12.9. The van der Waals surface area contributed by atoms with Gasteiger partial charge in [-0.3, -0.25) is 9.78 Å². The summed E-state index contributed by atoms with van der Waals surface area (Å²) >= 11 is 0. The van der Waals surface area contributed by atoms with Gasteiger partial charge >= 0.3 is 0 Å². The Labute approximate surface area is 156 Å². The predicted molar refractivity (Wildman–Crippen MR) is 101 cm³/mol. The summed E-state index contributed by atoms with van der Waals surface area (Å²) in [5.41, 5.74) is 1.21. The molecule has 142 valence electrons. The number of amides is 1. The Morgan fingerprint density at radius 1 is 0.923 bits per heavy atom. The molecule has 6 nitrogen and oxygen atoms in total. The summed E-state index contributed by atoms with van der Waals surface area (Å²) in [6, 6.07) is 4.76. The summed E-state index contributed by atoms with van der Waals surface area (Å²) in [5, 5.41) is 0. The predicted octanol–water partition coefficient (Wildman–Crippen LogP) is 1.62. The molecule has 3 aliphatic rings. The highest BCUT2D eigenvalue weighted by Gasteiger charge is 2.32. The summed E-state index contributed by atoms with van der Waals surface area (Å²) in [6.07, 6.45) is 7.99. The van der Waals surface area contributed by atoms with E-state index in [1.807, 2.05) is 24.5 Å². The normalized spacial score (nSPS) is 24.0. The van der Waals surface area contributed by atoms with Crippen LogP contribution in [0.4, 0.5) is 5.69 Å². The topological polar surface area (TPSA) is 48.9 Å². The van der Waals surface area contributed by atoms with Crippen molar-refractivity contribution >= 4 is 11.6 Å². The fourth-order valence-electron chi connectivity index (χ4n) is 4.56. The zero-order valence-electron chi connectivity index (χ0n) is 15.6. The molecule has 6 heteroatoms. The number of ether oxygens (including phenoxy) is 1. The molecule has 3 saturated heterocycles. The van der Waals surface area contributed by atoms with Gasteiger partial charge in [0.2, 0.25) is 5.91 Å². The first-order valence-corrected chi connectivity index (χ1v) is 10.1. The van der Waals surface area contributed by atoms with Gasteiger partial charge in [0.15, 0.2) is 0 Å². The van der Waals surface area contributed by atoms with Gasteiger partial charge in [-0.1, -0.05) is 0 Å². The van der Waals surface area contributed by atoms with Crippen molar-refractivity contribution in [3.63, 3.8) is 0 Å². The van der Waals surface area contributed by atoms with Crippen LogP contribution in [0.25, 0.3) is 0 Å². The molecule has 3 fully saturated rings. The number of piperazine rings is 1. The van der Waals surface area contributed by atoms with Crippen LogP contribution in [0.5, 0.6) is 0 Å². The van der Waals surface area contributed by atoms with Crippen molar-refractivity contribution in [2.45, 2.75) is 31.7 Å². The van der Waals surface area contributed by atoms with E-state index >= 15 is 0 Å². The summed E-state index contributed by atoms with van der Waals surface area (Å²) in [5.74, 6) is 0.601. The molecule has 0 saturated carbocycles. The van der Waals surface area contributed by atoms with Gasteiger partial charge in [-0.05, 0) is 50.9 Å². The molecule has 26 heavy (non-hydrogen) atoms. The first kappa shape index (κ1) is 17.7. The second-order valence-electron chi connectivity index (χ2n) is 7.67. The van der Waals surface area contributed by atoms with Gasteiger partial charge in [0.1, 0.15) is 0 Å². The number of hydrogen-bond acceptors (Lipinski definition) is 5. The highest BCUT2D eigenvalue weighted by atomic mass is 16.5. The van der Waals surface area contributed by atoms with E-state index < -0.39 is 0 Å². The van der Waals surface area contributed by atoms with Gasteiger partial charge in [0, 0.05) is 69.4 Å². The minimum atomic E-state index is 0.221. The Bertz CT molecular complexity index is 575. The lowest BCUT2D eigenvalue weighted by molar-refractivity contribution is -0.137. The molecule has 0 atom stereocenters. The number of anilines is 1. The largest absolute Gasteiger partial charge is 0.381 e. The molecule has 4 heterocycles. The number of piperidine rings is 1. The highest BCUT2D eigenvalue weighted by molar-refractivity contribution is 5.79. The average molecular weight is 358 g/mol. The van der Waals surface area contributed by atoms with Crippen molar-refractivity contribution in [3.8, 4) is 0 Å². The van der Waals surface area contributed by atoms with Crippen LogP contribution in [0.15, 0.2) is 24.5 Å². The molecule has 0 unspecified atom stereocenters. The van der Waals surface area contributed by atoms with Crippen LogP contribution in [-0.4, -0.2) is 79.2 Å². The fraction of sp³-hybridized carbons (Fsp3) is 0.700. The second kappa shape index (κ2) is 8.35. The van der Waals surface area contributed by atoms with E-state index in [0.717, 1.165) is 78.2 Å². The number of nitrogens with zero attached hydrogens (tertiary/aromatic N) is 4. The third-order valence-corrected chi connectivity index (χ3v) is 6.21. The lowest BCUT2D eigenvalue weighted by Gasteiger charge is -2.41. The van der Waals surface area contributed by atoms with Gasteiger partial charge in [-0.2, -0.15) is 0 Å². The standard InChI is InChI=1S/C20H30N4O2/c25-20(17-3-9-22(10-4-17)19-5-15-26-16-6-19)24-13-11-23(12-14-24)18-1-7-21-8-2-18/h1-2,7-8,17,19H,3-6,9-16H2. The van der Waals surface area contributed by atoms with E-state index in [1.54, 1.807) is 0 Å². The summed E-state index contributed by atoms with van der Waals surface area (Å²) < 4.78 is 5.47. The molecule has 0 bridgehead atoms. The van der Waals surface area contributed by atoms with Crippen LogP contribution < -0.4 is 4.90 Å². The van der Waals surface area contributed by atoms with Crippen molar-refractivity contribution in [3.05, 3.63) is 24.5 Å². The molecule has 0 radical (unpaired) electrons. The molecule has 0 aromatic carbocycles. The zero-order valence-corrected chi connectivity index (χ0v) is 15.6. The van der Waals surface area contributed by atoms with Crippen LogP contribution in [0.3, 0.4) is 0 Å². The van der Waals surface area contributed by atoms with Gasteiger partial charge in [0.05, 0.1) is 0 Å². The molecule has 0 spiro atoms. The first-order chi connectivity index (χ1) is 12.8.